The predicted octanol–water partition coefficient (Wildman–Crippen LogP) is 2.16. The van der Waals surface area contributed by atoms with Gasteiger partial charge in [0.15, 0.2) is 5.69 Å². The third kappa shape index (κ3) is 3.58. The van der Waals surface area contributed by atoms with Crippen LogP contribution in [-0.4, -0.2) is 52.0 Å². The van der Waals surface area contributed by atoms with E-state index in [2.05, 4.69) is 5.10 Å². The van der Waals surface area contributed by atoms with Crippen molar-refractivity contribution in [3.8, 4) is 0 Å². The van der Waals surface area contributed by atoms with Gasteiger partial charge in [-0.05, 0) is 40.7 Å². The third-order valence-corrected chi connectivity index (χ3v) is 3.27. The molecule has 0 bridgehead atoms. The molecule has 0 radical (unpaired) electrons. The summed E-state index contributed by atoms with van der Waals surface area (Å²) in [5.74, 6) is -0.423. The van der Waals surface area contributed by atoms with E-state index in [4.69, 9.17) is 9.47 Å². The Morgan fingerprint density at radius 3 is 2.55 bits per heavy atom. The lowest BCUT2D eigenvalue weighted by Crippen LogP contribution is -2.52. The van der Waals surface area contributed by atoms with E-state index in [1.54, 1.807) is 22.6 Å². The van der Waals surface area contributed by atoms with Gasteiger partial charge in [0, 0.05) is 18.8 Å². The van der Waals surface area contributed by atoms with E-state index in [-0.39, 0.29) is 12.1 Å². The SMILES string of the molecule is CCOC(=O)c1cc(C)n(C2CN(C(=O)OC(C)(C)C)C2)n1. The molecule has 1 aliphatic heterocycles. The van der Waals surface area contributed by atoms with Gasteiger partial charge in [-0.2, -0.15) is 5.10 Å². The predicted molar refractivity (Wildman–Crippen MR) is 79.8 cm³/mol. The molecular formula is C15H23N3O4. The molecule has 0 unspecified atom stereocenters. The van der Waals surface area contributed by atoms with E-state index in [0.717, 1.165) is 5.69 Å². The maximum absolute atomic E-state index is 11.9. The molecule has 1 saturated heterocycles. The number of carbonyl (C=O) groups excluding carboxylic acids is 2. The average Bonchev–Trinajstić information content (AvgIpc) is 2.68. The minimum Gasteiger partial charge on any atom is -0.461 e. The summed E-state index contributed by atoms with van der Waals surface area (Å²) >= 11 is 0. The molecule has 1 aromatic heterocycles. The molecule has 2 rings (SSSR count). The molecule has 2 heterocycles. The van der Waals surface area contributed by atoms with E-state index >= 15 is 0 Å². The molecule has 1 fully saturated rings. The number of nitrogens with zero attached hydrogens (tertiary/aromatic N) is 3. The largest absolute Gasteiger partial charge is 0.461 e. The average molecular weight is 309 g/mol. The van der Waals surface area contributed by atoms with Crippen molar-refractivity contribution in [1.82, 2.24) is 14.7 Å². The van der Waals surface area contributed by atoms with Gasteiger partial charge in [0.25, 0.3) is 0 Å². The number of aromatic nitrogens is 2. The number of hydrogen-bond acceptors (Lipinski definition) is 5. The lowest BCUT2D eigenvalue weighted by Gasteiger charge is -2.40. The van der Waals surface area contributed by atoms with Crippen LogP contribution in [0.5, 0.6) is 0 Å². The zero-order valence-corrected chi connectivity index (χ0v) is 13.8. The minimum atomic E-state index is -0.499. The maximum atomic E-state index is 11.9. The first-order chi connectivity index (χ1) is 10.2. The van der Waals surface area contributed by atoms with Gasteiger partial charge < -0.3 is 14.4 Å². The standard InChI is InChI=1S/C15H23N3O4/c1-6-21-13(19)12-7-10(2)18(16-12)11-8-17(9-11)14(20)22-15(3,4)5/h7,11H,6,8-9H2,1-5H3. The van der Waals surface area contributed by atoms with Crippen LogP contribution in [0.3, 0.4) is 0 Å². The van der Waals surface area contributed by atoms with Gasteiger partial charge in [0.2, 0.25) is 0 Å². The Balaban J connectivity index is 1.96. The van der Waals surface area contributed by atoms with Crippen LogP contribution >= 0.6 is 0 Å². The lowest BCUT2D eigenvalue weighted by atomic mass is 10.1. The molecule has 0 aliphatic carbocycles. The molecule has 0 atom stereocenters. The second-order valence-electron chi connectivity index (χ2n) is 6.38. The number of aryl methyl sites for hydroxylation is 1. The molecule has 7 heteroatoms. The Kier molecular flexibility index (Phi) is 4.44. The van der Waals surface area contributed by atoms with Crippen LogP contribution in [-0.2, 0) is 9.47 Å². The molecule has 1 amide bonds. The number of rotatable bonds is 3. The van der Waals surface area contributed by atoms with Crippen LogP contribution in [0.25, 0.3) is 0 Å². The molecule has 0 saturated carbocycles. The van der Waals surface area contributed by atoms with Gasteiger partial charge in [-0.25, -0.2) is 9.59 Å². The summed E-state index contributed by atoms with van der Waals surface area (Å²) in [5.41, 5.74) is 0.674. The van der Waals surface area contributed by atoms with Gasteiger partial charge >= 0.3 is 12.1 Å². The summed E-state index contributed by atoms with van der Waals surface area (Å²) in [4.78, 5) is 25.2. The smallest absolute Gasteiger partial charge is 0.410 e. The monoisotopic (exact) mass is 309 g/mol. The Hall–Kier alpha value is -2.05. The van der Waals surface area contributed by atoms with Crippen LogP contribution in [0.4, 0.5) is 4.79 Å². The molecule has 0 spiro atoms. The molecule has 22 heavy (non-hydrogen) atoms. The fourth-order valence-electron chi connectivity index (χ4n) is 2.25. The number of ether oxygens (including phenoxy) is 2. The number of carbonyl (C=O) groups is 2. The summed E-state index contributed by atoms with van der Waals surface area (Å²) in [6.07, 6.45) is -0.320. The fourth-order valence-corrected chi connectivity index (χ4v) is 2.25. The van der Waals surface area contributed by atoms with Crippen molar-refractivity contribution in [3.05, 3.63) is 17.5 Å². The molecule has 7 nitrogen and oxygen atoms in total. The first kappa shape index (κ1) is 16.3. The van der Waals surface area contributed by atoms with Crippen LogP contribution in [0.15, 0.2) is 6.07 Å². The molecule has 1 aromatic rings. The van der Waals surface area contributed by atoms with Gasteiger partial charge in [-0.1, -0.05) is 0 Å². The Morgan fingerprint density at radius 1 is 1.36 bits per heavy atom. The highest BCUT2D eigenvalue weighted by molar-refractivity contribution is 5.87. The number of esters is 1. The van der Waals surface area contributed by atoms with Crippen molar-refractivity contribution in [2.24, 2.45) is 0 Å². The molecule has 0 N–H and O–H groups in total. The summed E-state index contributed by atoms with van der Waals surface area (Å²) in [7, 11) is 0. The maximum Gasteiger partial charge on any atom is 0.410 e. The molecule has 122 valence electrons. The highest BCUT2D eigenvalue weighted by Gasteiger charge is 2.36. The van der Waals surface area contributed by atoms with E-state index in [1.165, 1.54) is 0 Å². The van der Waals surface area contributed by atoms with Crippen molar-refractivity contribution in [2.75, 3.05) is 19.7 Å². The fraction of sp³-hybridized carbons (Fsp3) is 0.667. The zero-order valence-electron chi connectivity index (χ0n) is 13.8. The number of amides is 1. The molecular weight excluding hydrogens is 286 g/mol. The van der Waals surface area contributed by atoms with Crippen LogP contribution < -0.4 is 0 Å². The summed E-state index contributed by atoms with van der Waals surface area (Å²) < 4.78 is 12.0. The van der Waals surface area contributed by atoms with E-state index in [0.29, 0.717) is 25.4 Å². The normalized spacial score (nSPS) is 15.4. The highest BCUT2D eigenvalue weighted by Crippen LogP contribution is 2.25. The summed E-state index contributed by atoms with van der Waals surface area (Å²) in [6.45, 7) is 10.5. The van der Waals surface area contributed by atoms with Crippen LogP contribution in [0.2, 0.25) is 0 Å². The summed E-state index contributed by atoms with van der Waals surface area (Å²) in [5, 5.41) is 4.28. The quantitative estimate of drug-likeness (QED) is 0.800. The third-order valence-electron chi connectivity index (χ3n) is 3.27. The first-order valence-corrected chi connectivity index (χ1v) is 7.42. The van der Waals surface area contributed by atoms with Gasteiger partial charge in [-0.3, -0.25) is 4.68 Å². The molecule has 0 aromatic carbocycles. The molecule has 1 aliphatic rings. The van der Waals surface area contributed by atoms with Crippen molar-refractivity contribution in [3.63, 3.8) is 0 Å². The van der Waals surface area contributed by atoms with E-state index in [9.17, 15) is 9.59 Å². The van der Waals surface area contributed by atoms with Crippen LogP contribution in [0, 0.1) is 6.92 Å². The van der Waals surface area contributed by atoms with E-state index < -0.39 is 11.6 Å². The topological polar surface area (TPSA) is 73.7 Å². The van der Waals surface area contributed by atoms with E-state index in [1.807, 2.05) is 27.7 Å². The Bertz CT molecular complexity index is 568. The number of likely N-dealkylation sites (tertiary alicyclic amines) is 1. The van der Waals surface area contributed by atoms with Gasteiger partial charge in [0.1, 0.15) is 5.60 Å². The van der Waals surface area contributed by atoms with Gasteiger partial charge in [0.05, 0.1) is 12.6 Å². The highest BCUT2D eigenvalue weighted by atomic mass is 16.6. The van der Waals surface area contributed by atoms with Crippen molar-refractivity contribution >= 4 is 12.1 Å². The Labute approximate surface area is 130 Å². The van der Waals surface area contributed by atoms with Gasteiger partial charge in [-0.15, -0.1) is 0 Å². The van der Waals surface area contributed by atoms with Crippen molar-refractivity contribution in [2.45, 2.75) is 46.3 Å². The van der Waals surface area contributed by atoms with Crippen LogP contribution in [0.1, 0.15) is 49.9 Å². The van der Waals surface area contributed by atoms with Crippen molar-refractivity contribution < 1.29 is 19.1 Å². The summed E-state index contributed by atoms with van der Waals surface area (Å²) in [6, 6.07) is 1.77. The lowest BCUT2D eigenvalue weighted by molar-refractivity contribution is -0.000832. The first-order valence-electron chi connectivity index (χ1n) is 7.42. The second-order valence-corrected chi connectivity index (χ2v) is 6.38. The second kappa shape index (κ2) is 5.98. The zero-order chi connectivity index (χ0) is 16.5. The van der Waals surface area contributed by atoms with Crippen molar-refractivity contribution in [1.29, 1.82) is 0 Å². The number of hydrogen-bond donors (Lipinski definition) is 0. The Morgan fingerprint density at radius 2 is 2.00 bits per heavy atom. The minimum absolute atomic E-state index is 0.0655.